The Bertz CT molecular complexity index is 276. The van der Waals surface area contributed by atoms with Crippen molar-refractivity contribution < 1.29 is 4.74 Å². The first-order valence-electron chi connectivity index (χ1n) is 8.66. The van der Waals surface area contributed by atoms with Crippen molar-refractivity contribution >= 4 is 0 Å². The minimum Gasteiger partial charge on any atom is -0.380 e. The Morgan fingerprint density at radius 2 is 2.05 bits per heavy atom. The molecule has 1 saturated heterocycles. The van der Waals surface area contributed by atoms with Gasteiger partial charge in [-0.05, 0) is 57.5 Å². The Hall–Kier alpha value is -0.120. The Balaban J connectivity index is 1.99. The van der Waals surface area contributed by atoms with Gasteiger partial charge in [-0.25, -0.2) is 0 Å². The fourth-order valence-electron chi connectivity index (χ4n) is 3.92. The zero-order valence-corrected chi connectivity index (χ0v) is 13.9. The second-order valence-electron chi connectivity index (χ2n) is 7.13. The molecule has 0 amide bonds. The van der Waals surface area contributed by atoms with E-state index in [-0.39, 0.29) is 0 Å². The predicted molar refractivity (Wildman–Crippen MR) is 85.0 cm³/mol. The van der Waals surface area contributed by atoms with Crippen LogP contribution in [0.2, 0.25) is 0 Å². The molecule has 1 heterocycles. The van der Waals surface area contributed by atoms with Crippen LogP contribution in [0.4, 0.5) is 0 Å². The average Bonchev–Trinajstić information content (AvgIpc) is 2.98. The summed E-state index contributed by atoms with van der Waals surface area (Å²) in [7, 11) is 2.33. The Morgan fingerprint density at radius 3 is 2.65 bits per heavy atom. The fraction of sp³-hybridized carbons (Fsp3) is 1.00. The SMILES string of the molecule is CCCNC1CCC(C(C)C)CC1N(C)C1CCOC1. The van der Waals surface area contributed by atoms with Gasteiger partial charge in [0, 0.05) is 24.7 Å². The molecular formula is C17H34N2O. The van der Waals surface area contributed by atoms with E-state index in [4.69, 9.17) is 4.74 Å². The maximum atomic E-state index is 5.60. The molecule has 4 unspecified atom stereocenters. The summed E-state index contributed by atoms with van der Waals surface area (Å²) in [4.78, 5) is 2.63. The summed E-state index contributed by atoms with van der Waals surface area (Å²) in [6, 6.07) is 2.00. The molecule has 20 heavy (non-hydrogen) atoms. The van der Waals surface area contributed by atoms with E-state index in [1.807, 2.05) is 0 Å². The molecule has 0 radical (unpaired) electrons. The monoisotopic (exact) mass is 282 g/mol. The molecule has 118 valence electrons. The van der Waals surface area contributed by atoms with Crippen LogP contribution in [-0.4, -0.2) is 49.8 Å². The molecule has 0 spiro atoms. The molecule has 4 atom stereocenters. The normalized spacial score (nSPS) is 35.1. The van der Waals surface area contributed by atoms with Gasteiger partial charge in [-0.2, -0.15) is 0 Å². The smallest absolute Gasteiger partial charge is 0.0622 e. The molecule has 0 aromatic rings. The van der Waals surface area contributed by atoms with Crippen LogP contribution in [0.15, 0.2) is 0 Å². The third-order valence-corrected chi connectivity index (χ3v) is 5.46. The number of hydrogen-bond donors (Lipinski definition) is 1. The van der Waals surface area contributed by atoms with Gasteiger partial charge >= 0.3 is 0 Å². The summed E-state index contributed by atoms with van der Waals surface area (Å²) in [5.41, 5.74) is 0. The molecule has 0 aromatic heterocycles. The lowest BCUT2D eigenvalue weighted by molar-refractivity contribution is 0.0640. The van der Waals surface area contributed by atoms with Crippen LogP contribution in [0, 0.1) is 11.8 Å². The van der Waals surface area contributed by atoms with Crippen LogP contribution in [0.25, 0.3) is 0 Å². The van der Waals surface area contributed by atoms with E-state index in [2.05, 4.69) is 38.0 Å². The van der Waals surface area contributed by atoms with Gasteiger partial charge in [-0.1, -0.05) is 20.8 Å². The quantitative estimate of drug-likeness (QED) is 0.811. The van der Waals surface area contributed by atoms with Crippen molar-refractivity contribution in [3.63, 3.8) is 0 Å². The fourth-order valence-corrected chi connectivity index (χ4v) is 3.92. The Labute approximate surface area is 125 Å². The first-order chi connectivity index (χ1) is 9.63. The molecule has 1 saturated carbocycles. The van der Waals surface area contributed by atoms with Gasteiger partial charge in [0.25, 0.3) is 0 Å². The van der Waals surface area contributed by atoms with Gasteiger partial charge < -0.3 is 10.1 Å². The van der Waals surface area contributed by atoms with Gasteiger partial charge in [-0.3, -0.25) is 4.90 Å². The third-order valence-electron chi connectivity index (χ3n) is 5.46. The van der Waals surface area contributed by atoms with E-state index in [1.165, 1.54) is 32.1 Å². The van der Waals surface area contributed by atoms with Crippen molar-refractivity contribution in [2.75, 3.05) is 26.8 Å². The molecule has 2 fully saturated rings. The van der Waals surface area contributed by atoms with E-state index in [9.17, 15) is 0 Å². The van der Waals surface area contributed by atoms with E-state index in [0.717, 1.165) is 31.6 Å². The van der Waals surface area contributed by atoms with Crippen LogP contribution < -0.4 is 5.32 Å². The van der Waals surface area contributed by atoms with Crippen LogP contribution in [-0.2, 0) is 4.74 Å². The third kappa shape index (κ3) is 3.96. The first kappa shape index (κ1) is 16.3. The number of likely N-dealkylation sites (N-methyl/N-ethyl adjacent to an activating group) is 1. The zero-order valence-electron chi connectivity index (χ0n) is 13.9. The topological polar surface area (TPSA) is 24.5 Å². The highest BCUT2D eigenvalue weighted by atomic mass is 16.5. The Kier molecular flexibility index (Phi) is 6.31. The minimum atomic E-state index is 0.636. The van der Waals surface area contributed by atoms with Gasteiger partial charge in [0.15, 0.2) is 0 Å². The molecule has 0 aromatic carbocycles. The summed E-state index contributed by atoms with van der Waals surface area (Å²) in [6.07, 6.45) is 6.52. The lowest BCUT2D eigenvalue weighted by atomic mass is 9.76. The van der Waals surface area contributed by atoms with Gasteiger partial charge in [0.05, 0.1) is 6.61 Å². The van der Waals surface area contributed by atoms with Crippen LogP contribution in [0.1, 0.15) is 52.9 Å². The number of hydrogen-bond acceptors (Lipinski definition) is 3. The molecule has 2 rings (SSSR count). The Morgan fingerprint density at radius 1 is 1.25 bits per heavy atom. The molecular weight excluding hydrogens is 248 g/mol. The zero-order chi connectivity index (χ0) is 14.5. The van der Waals surface area contributed by atoms with Crippen molar-refractivity contribution in [2.45, 2.75) is 71.0 Å². The molecule has 2 aliphatic rings. The van der Waals surface area contributed by atoms with Crippen molar-refractivity contribution in [1.29, 1.82) is 0 Å². The first-order valence-corrected chi connectivity index (χ1v) is 8.66. The van der Waals surface area contributed by atoms with E-state index in [0.29, 0.717) is 18.1 Å². The average molecular weight is 282 g/mol. The number of nitrogens with zero attached hydrogens (tertiary/aromatic N) is 1. The second kappa shape index (κ2) is 7.77. The highest BCUT2D eigenvalue weighted by Gasteiger charge is 2.36. The highest BCUT2D eigenvalue weighted by molar-refractivity contribution is 4.93. The maximum absolute atomic E-state index is 5.60. The number of ether oxygens (including phenoxy) is 1. The molecule has 3 heteroatoms. The molecule has 0 bridgehead atoms. The summed E-state index contributed by atoms with van der Waals surface area (Å²) in [5, 5.41) is 3.80. The van der Waals surface area contributed by atoms with Crippen molar-refractivity contribution in [2.24, 2.45) is 11.8 Å². The summed E-state index contributed by atoms with van der Waals surface area (Å²) < 4.78 is 5.60. The van der Waals surface area contributed by atoms with Crippen LogP contribution >= 0.6 is 0 Å². The minimum absolute atomic E-state index is 0.636. The summed E-state index contributed by atoms with van der Waals surface area (Å²) in [6.45, 7) is 10.1. The summed E-state index contributed by atoms with van der Waals surface area (Å²) >= 11 is 0. The van der Waals surface area contributed by atoms with E-state index < -0.39 is 0 Å². The lowest BCUT2D eigenvalue weighted by Crippen LogP contribution is -2.55. The molecule has 1 aliphatic heterocycles. The van der Waals surface area contributed by atoms with Crippen molar-refractivity contribution in [1.82, 2.24) is 10.2 Å². The van der Waals surface area contributed by atoms with Crippen LogP contribution in [0.3, 0.4) is 0 Å². The molecule has 1 aliphatic carbocycles. The van der Waals surface area contributed by atoms with Gasteiger partial charge in [0.1, 0.15) is 0 Å². The molecule has 3 nitrogen and oxygen atoms in total. The molecule has 1 N–H and O–H groups in total. The maximum Gasteiger partial charge on any atom is 0.0622 e. The van der Waals surface area contributed by atoms with Crippen LogP contribution in [0.5, 0.6) is 0 Å². The highest BCUT2D eigenvalue weighted by Crippen LogP contribution is 2.33. The van der Waals surface area contributed by atoms with E-state index in [1.54, 1.807) is 0 Å². The van der Waals surface area contributed by atoms with Gasteiger partial charge in [0.2, 0.25) is 0 Å². The lowest BCUT2D eigenvalue weighted by Gasteiger charge is -2.44. The van der Waals surface area contributed by atoms with Crippen molar-refractivity contribution in [3.8, 4) is 0 Å². The van der Waals surface area contributed by atoms with Crippen molar-refractivity contribution in [3.05, 3.63) is 0 Å². The second-order valence-corrected chi connectivity index (χ2v) is 7.13. The standard InChI is InChI=1S/C17H34N2O/c1-5-9-18-16-7-6-14(13(2)3)11-17(16)19(4)15-8-10-20-12-15/h13-18H,5-12H2,1-4H3. The summed E-state index contributed by atoms with van der Waals surface area (Å²) in [5.74, 6) is 1.71. The number of rotatable bonds is 6. The predicted octanol–water partition coefficient (Wildman–Crippen LogP) is 2.90. The van der Waals surface area contributed by atoms with E-state index >= 15 is 0 Å². The largest absolute Gasteiger partial charge is 0.380 e. The number of nitrogens with one attached hydrogen (secondary N) is 1. The van der Waals surface area contributed by atoms with Gasteiger partial charge in [-0.15, -0.1) is 0 Å².